The van der Waals surface area contributed by atoms with Crippen LogP contribution in [0.4, 0.5) is 0 Å². The summed E-state index contributed by atoms with van der Waals surface area (Å²) < 4.78 is 10.8. The molecule has 0 spiro atoms. The summed E-state index contributed by atoms with van der Waals surface area (Å²) in [7, 11) is 0. The van der Waals surface area contributed by atoms with Crippen LogP contribution in [0.3, 0.4) is 0 Å². The molecule has 102 valence electrons. The van der Waals surface area contributed by atoms with Gasteiger partial charge in [-0.3, -0.25) is 4.90 Å². The standard InChI is InChI=1S/C13H17N3O3/c17-7-6-16(10-3-1-4-10)9-12-14-15-13(19-12)11-5-2-8-18-11/h2,5,8,10,17H,1,3-4,6-7,9H2. The molecule has 3 rings (SSSR count). The number of nitrogens with zero attached hydrogens (tertiary/aromatic N) is 3. The number of aliphatic hydroxyl groups excluding tert-OH is 1. The van der Waals surface area contributed by atoms with Gasteiger partial charge in [-0.1, -0.05) is 6.42 Å². The summed E-state index contributed by atoms with van der Waals surface area (Å²) in [6.45, 7) is 1.37. The Morgan fingerprint density at radius 1 is 1.37 bits per heavy atom. The molecular weight excluding hydrogens is 246 g/mol. The Morgan fingerprint density at radius 3 is 2.89 bits per heavy atom. The van der Waals surface area contributed by atoms with E-state index in [1.54, 1.807) is 18.4 Å². The topological polar surface area (TPSA) is 75.5 Å². The predicted octanol–water partition coefficient (Wildman–Crippen LogP) is 1.68. The quantitative estimate of drug-likeness (QED) is 0.854. The fraction of sp³-hybridized carbons (Fsp3) is 0.538. The normalized spacial score (nSPS) is 15.9. The van der Waals surface area contributed by atoms with E-state index in [-0.39, 0.29) is 6.61 Å². The smallest absolute Gasteiger partial charge is 0.283 e. The first-order valence-electron chi connectivity index (χ1n) is 6.58. The van der Waals surface area contributed by atoms with E-state index in [2.05, 4.69) is 15.1 Å². The van der Waals surface area contributed by atoms with E-state index in [0.717, 1.165) is 0 Å². The third-order valence-corrected chi connectivity index (χ3v) is 3.52. The largest absolute Gasteiger partial charge is 0.459 e. The molecule has 1 N–H and O–H groups in total. The van der Waals surface area contributed by atoms with Crippen molar-refractivity contribution in [2.75, 3.05) is 13.2 Å². The van der Waals surface area contributed by atoms with Crippen LogP contribution < -0.4 is 0 Å². The molecule has 0 bridgehead atoms. The van der Waals surface area contributed by atoms with Gasteiger partial charge in [-0.15, -0.1) is 10.2 Å². The van der Waals surface area contributed by atoms with E-state index in [1.165, 1.54) is 19.3 Å². The molecule has 0 amide bonds. The second kappa shape index (κ2) is 5.54. The first-order valence-corrected chi connectivity index (χ1v) is 6.58. The maximum atomic E-state index is 9.12. The molecule has 0 atom stereocenters. The Labute approximate surface area is 111 Å². The second-order valence-corrected chi connectivity index (χ2v) is 4.76. The van der Waals surface area contributed by atoms with Gasteiger partial charge in [0.15, 0.2) is 5.76 Å². The molecule has 0 aromatic carbocycles. The van der Waals surface area contributed by atoms with E-state index in [9.17, 15) is 0 Å². The van der Waals surface area contributed by atoms with Crippen LogP contribution in [0.2, 0.25) is 0 Å². The average Bonchev–Trinajstić information content (AvgIpc) is 2.95. The zero-order valence-corrected chi connectivity index (χ0v) is 10.7. The number of hydrogen-bond donors (Lipinski definition) is 1. The molecule has 2 aromatic rings. The van der Waals surface area contributed by atoms with Gasteiger partial charge in [-0.2, -0.15) is 0 Å². The van der Waals surface area contributed by atoms with E-state index in [0.29, 0.717) is 36.7 Å². The SMILES string of the molecule is OCCN(Cc1nnc(-c2ccco2)o1)C1CCC1. The molecule has 0 radical (unpaired) electrons. The summed E-state index contributed by atoms with van der Waals surface area (Å²) >= 11 is 0. The summed E-state index contributed by atoms with van der Waals surface area (Å²) in [4.78, 5) is 2.20. The summed E-state index contributed by atoms with van der Waals surface area (Å²) in [6.07, 6.45) is 5.19. The highest BCUT2D eigenvalue weighted by Crippen LogP contribution is 2.26. The molecule has 1 fully saturated rings. The molecule has 1 aliphatic carbocycles. The van der Waals surface area contributed by atoms with Gasteiger partial charge in [0.25, 0.3) is 5.89 Å². The summed E-state index contributed by atoms with van der Waals surface area (Å²) in [5.41, 5.74) is 0. The van der Waals surface area contributed by atoms with Gasteiger partial charge in [0.05, 0.1) is 19.4 Å². The van der Waals surface area contributed by atoms with Crippen LogP contribution in [0.1, 0.15) is 25.2 Å². The van der Waals surface area contributed by atoms with Crippen molar-refractivity contribution in [2.24, 2.45) is 0 Å². The van der Waals surface area contributed by atoms with Crippen molar-refractivity contribution in [3.8, 4) is 11.7 Å². The van der Waals surface area contributed by atoms with Gasteiger partial charge in [-0.05, 0) is 25.0 Å². The van der Waals surface area contributed by atoms with Crippen molar-refractivity contribution in [2.45, 2.75) is 31.8 Å². The first-order chi connectivity index (χ1) is 9.36. The number of rotatable bonds is 6. The monoisotopic (exact) mass is 263 g/mol. The number of furan rings is 1. The fourth-order valence-electron chi connectivity index (χ4n) is 2.26. The van der Waals surface area contributed by atoms with Crippen molar-refractivity contribution in [3.63, 3.8) is 0 Å². The lowest BCUT2D eigenvalue weighted by Crippen LogP contribution is -2.41. The lowest BCUT2D eigenvalue weighted by molar-refractivity contribution is 0.0862. The third-order valence-electron chi connectivity index (χ3n) is 3.52. The first kappa shape index (κ1) is 12.4. The third kappa shape index (κ3) is 2.69. The van der Waals surface area contributed by atoms with Crippen LogP contribution in [-0.4, -0.2) is 39.4 Å². The van der Waals surface area contributed by atoms with Crippen LogP contribution in [-0.2, 0) is 6.54 Å². The molecule has 2 heterocycles. The molecule has 6 heteroatoms. The van der Waals surface area contributed by atoms with Gasteiger partial charge in [0, 0.05) is 12.6 Å². The maximum Gasteiger partial charge on any atom is 0.283 e. The average molecular weight is 263 g/mol. The van der Waals surface area contributed by atoms with E-state index in [1.807, 2.05) is 0 Å². The Balaban J connectivity index is 1.68. The van der Waals surface area contributed by atoms with Crippen molar-refractivity contribution in [1.82, 2.24) is 15.1 Å². The Hall–Kier alpha value is -1.66. The molecule has 0 aliphatic heterocycles. The zero-order valence-electron chi connectivity index (χ0n) is 10.7. The van der Waals surface area contributed by atoms with E-state index in [4.69, 9.17) is 13.9 Å². The molecule has 0 saturated heterocycles. The number of aromatic nitrogens is 2. The van der Waals surface area contributed by atoms with Crippen LogP contribution in [0.25, 0.3) is 11.7 Å². The lowest BCUT2D eigenvalue weighted by Gasteiger charge is -2.36. The predicted molar refractivity (Wildman–Crippen MR) is 67.1 cm³/mol. The molecule has 6 nitrogen and oxygen atoms in total. The Bertz CT molecular complexity index is 505. The highest BCUT2D eigenvalue weighted by molar-refractivity contribution is 5.42. The van der Waals surface area contributed by atoms with Gasteiger partial charge < -0.3 is 13.9 Å². The van der Waals surface area contributed by atoms with Crippen molar-refractivity contribution < 1.29 is 13.9 Å². The molecule has 0 unspecified atom stereocenters. The zero-order chi connectivity index (χ0) is 13.1. The van der Waals surface area contributed by atoms with Crippen molar-refractivity contribution in [1.29, 1.82) is 0 Å². The van der Waals surface area contributed by atoms with Crippen LogP contribution in [0.15, 0.2) is 27.2 Å². The molecule has 2 aromatic heterocycles. The van der Waals surface area contributed by atoms with Gasteiger partial charge >= 0.3 is 0 Å². The fourth-order valence-corrected chi connectivity index (χ4v) is 2.26. The minimum atomic E-state index is 0.148. The van der Waals surface area contributed by atoms with Crippen molar-refractivity contribution in [3.05, 3.63) is 24.3 Å². The minimum Gasteiger partial charge on any atom is -0.459 e. The highest BCUT2D eigenvalue weighted by Gasteiger charge is 2.26. The number of hydrogen-bond acceptors (Lipinski definition) is 6. The minimum absolute atomic E-state index is 0.148. The van der Waals surface area contributed by atoms with Crippen LogP contribution in [0, 0.1) is 0 Å². The summed E-state index contributed by atoms with van der Waals surface area (Å²) in [6, 6.07) is 4.10. The van der Waals surface area contributed by atoms with Gasteiger partial charge in [0.2, 0.25) is 5.89 Å². The van der Waals surface area contributed by atoms with Crippen LogP contribution >= 0.6 is 0 Å². The van der Waals surface area contributed by atoms with Gasteiger partial charge in [0.1, 0.15) is 0 Å². The van der Waals surface area contributed by atoms with E-state index < -0.39 is 0 Å². The van der Waals surface area contributed by atoms with Crippen LogP contribution in [0.5, 0.6) is 0 Å². The molecule has 19 heavy (non-hydrogen) atoms. The summed E-state index contributed by atoms with van der Waals surface area (Å²) in [5.74, 6) is 1.54. The molecular formula is C13H17N3O3. The highest BCUT2D eigenvalue weighted by atomic mass is 16.4. The maximum absolute atomic E-state index is 9.12. The number of aliphatic hydroxyl groups is 1. The van der Waals surface area contributed by atoms with Gasteiger partial charge in [-0.25, -0.2) is 0 Å². The lowest BCUT2D eigenvalue weighted by atomic mass is 9.91. The van der Waals surface area contributed by atoms with Crippen molar-refractivity contribution >= 4 is 0 Å². The molecule has 1 aliphatic rings. The summed E-state index contributed by atoms with van der Waals surface area (Å²) in [5, 5.41) is 17.1. The Kier molecular flexibility index (Phi) is 3.61. The second-order valence-electron chi connectivity index (χ2n) is 4.76. The molecule has 1 saturated carbocycles. The van der Waals surface area contributed by atoms with E-state index >= 15 is 0 Å². The Morgan fingerprint density at radius 2 is 2.26 bits per heavy atom.